The number of ether oxygens (including phenoxy) is 2. The highest BCUT2D eigenvalue weighted by Crippen LogP contribution is 2.26. The minimum atomic E-state index is -0.384. The Labute approximate surface area is 678 Å². The molecule has 0 radical (unpaired) electrons. The van der Waals surface area contributed by atoms with Crippen LogP contribution in [0.2, 0.25) is 0 Å². The van der Waals surface area contributed by atoms with Gasteiger partial charge in [-0.1, -0.05) is 357 Å². The zero-order valence-electron chi connectivity index (χ0n) is 65.2. The van der Waals surface area contributed by atoms with E-state index in [-0.39, 0.29) is 29.9 Å². The highest BCUT2D eigenvalue weighted by Gasteiger charge is 2.11. The first kappa shape index (κ1) is 83.7. The van der Waals surface area contributed by atoms with E-state index in [0.717, 1.165) is 104 Å². The first-order chi connectivity index (χ1) is 56.6. The van der Waals surface area contributed by atoms with Crippen LogP contribution in [0.5, 0.6) is 5.75 Å². The molecule has 115 heavy (non-hydrogen) atoms. The van der Waals surface area contributed by atoms with Crippen molar-refractivity contribution in [1.29, 1.82) is 0 Å². The fourth-order valence-corrected chi connectivity index (χ4v) is 13.3. The lowest BCUT2D eigenvalue weighted by Crippen LogP contribution is -2.13. The van der Waals surface area contributed by atoms with E-state index in [1.165, 1.54) is 89.0 Å². The van der Waals surface area contributed by atoms with Crippen molar-refractivity contribution in [3.8, 4) is 50.3 Å². The topological polar surface area (TPSA) is 167 Å². The largest absolute Gasteiger partial charge is 0.396 e. The first-order valence-corrected chi connectivity index (χ1v) is 39.6. The Bertz CT molecular complexity index is 4850. The SMILES string of the molecule is NOOc1ccc(Cc2ccc(/C=C/c3ccc(Cc4ccc([N+](=O)[O-])cc4)cc3)cc2)cc1.OC(Cc1ccc(-c2ccccc2)cc1)Cc1ccc(-c2ccccc2)cc1.OCCc1ccc(CCCc2ccc(CCO)cc2)cc1.c1ccc(-c2ccc(CCOCCOCCc3ccc(-c4ccccc4)cc3)cc2)cc1. The number of nitro groups is 1. The normalized spacial score (nSPS) is 10.9. The summed E-state index contributed by atoms with van der Waals surface area (Å²) < 4.78 is 11.5. The van der Waals surface area contributed by atoms with Gasteiger partial charge >= 0.3 is 0 Å². The number of rotatable bonds is 34. The molecule has 11 heteroatoms. The molecule has 0 aliphatic heterocycles. The van der Waals surface area contributed by atoms with Crippen molar-refractivity contribution in [2.24, 2.45) is 5.90 Å². The van der Waals surface area contributed by atoms with Crippen molar-refractivity contribution in [1.82, 2.24) is 0 Å². The maximum atomic E-state index is 10.8. The van der Waals surface area contributed by atoms with Crippen LogP contribution in [0.4, 0.5) is 5.69 Å². The molecule has 11 nitrogen and oxygen atoms in total. The summed E-state index contributed by atoms with van der Waals surface area (Å²) in [5, 5.41) is 39.1. The van der Waals surface area contributed by atoms with Gasteiger partial charge in [-0.25, -0.2) is 0 Å². The van der Waals surface area contributed by atoms with Gasteiger partial charge < -0.3 is 29.7 Å². The summed E-state index contributed by atoms with van der Waals surface area (Å²) in [7, 11) is 0. The smallest absolute Gasteiger partial charge is 0.269 e. The maximum Gasteiger partial charge on any atom is 0.269 e. The van der Waals surface area contributed by atoms with Crippen molar-refractivity contribution >= 4 is 17.8 Å². The molecule has 14 rings (SSSR count). The van der Waals surface area contributed by atoms with Crippen molar-refractivity contribution in [2.45, 2.75) is 76.7 Å². The van der Waals surface area contributed by atoms with Crippen molar-refractivity contribution in [3.05, 3.63) is 452 Å². The summed E-state index contributed by atoms with van der Waals surface area (Å²) in [6.07, 6.45) is 13.3. The number of non-ortho nitro benzene ring substituents is 1. The number of benzene rings is 14. The van der Waals surface area contributed by atoms with Crippen molar-refractivity contribution in [3.63, 3.8) is 0 Å². The van der Waals surface area contributed by atoms with E-state index in [0.29, 0.717) is 31.8 Å². The lowest BCUT2D eigenvalue weighted by molar-refractivity contribution is -0.384. The average molecular weight is 1520 g/mol. The molecule has 0 aromatic heterocycles. The predicted octanol–water partition coefficient (Wildman–Crippen LogP) is 22.1. The number of hydrogen-bond donors (Lipinski definition) is 4. The second kappa shape index (κ2) is 46.7. The molecule has 0 fully saturated rings. The number of nitro benzene ring substituents is 1. The van der Waals surface area contributed by atoms with E-state index in [2.05, 4.69) is 308 Å². The van der Waals surface area contributed by atoms with Gasteiger partial charge in [0.2, 0.25) is 0 Å². The average Bonchev–Trinajstić information content (AvgIpc) is 0.888. The summed E-state index contributed by atoms with van der Waals surface area (Å²) in [6.45, 7) is 3.13. The van der Waals surface area contributed by atoms with Crippen LogP contribution in [-0.4, -0.2) is 66.0 Å². The van der Waals surface area contributed by atoms with Gasteiger partial charge in [-0.2, -0.15) is 5.90 Å². The van der Waals surface area contributed by atoms with Crippen molar-refractivity contribution < 1.29 is 39.6 Å². The van der Waals surface area contributed by atoms with Gasteiger partial charge in [0, 0.05) is 25.3 Å². The molecule has 0 unspecified atom stereocenters. The number of hydrogen-bond acceptors (Lipinski definition) is 10. The van der Waals surface area contributed by atoms with Gasteiger partial charge in [-0.05, 0) is 205 Å². The highest BCUT2D eigenvalue weighted by atomic mass is 17.3. The molecule has 0 bridgehead atoms. The summed E-state index contributed by atoms with van der Waals surface area (Å²) in [5.41, 5.74) is 26.8. The number of aliphatic hydroxyl groups is 3. The van der Waals surface area contributed by atoms with Crippen LogP contribution in [0.25, 0.3) is 56.7 Å². The fraction of sp³-hybridized carbons (Fsp3) is 0.173. The molecular formula is C104H102N2O9. The summed E-state index contributed by atoms with van der Waals surface area (Å²) in [4.78, 5) is 19.4. The zero-order valence-corrected chi connectivity index (χ0v) is 65.2. The van der Waals surface area contributed by atoms with E-state index in [1.54, 1.807) is 24.3 Å². The molecule has 582 valence electrons. The Kier molecular flexibility index (Phi) is 34.0. The molecule has 0 aliphatic carbocycles. The molecule has 5 N–H and O–H groups in total. The molecule has 14 aromatic rings. The van der Waals surface area contributed by atoms with Crippen LogP contribution in [0, 0.1) is 10.1 Å². The van der Waals surface area contributed by atoms with Crippen molar-refractivity contribution in [2.75, 3.05) is 39.6 Å². The summed E-state index contributed by atoms with van der Waals surface area (Å²) in [6, 6.07) is 124. The lowest BCUT2D eigenvalue weighted by Gasteiger charge is -2.12. The number of aryl methyl sites for hydroxylation is 2. The Morgan fingerprint density at radius 1 is 0.304 bits per heavy atom. The van der Waals surface area contributed by atoms with Crippen LogP contribution >= 0.6 is 0 Å². The zero-order chi connectivity index (χ0) is 79.7. The Morgan fingerprint density at radius 2 is 0.565 bits per heavy atom. The second-order valence-corrected chi connectivity index (χ2v) is 28.4. The molecule has 0 saturated heterocycles. The van der Waals surface area contributed by atoms with Crippen LogP contribution < -0.4 is 10.8 Å². The van der Waals surface area contributed by atoms with Gasteiger partial charge in [0.05, 0.1) is 37.5 Å². The second-order valence-electron chi connectivity index (χ2n) is 28.4. The third kappa shape index (κ3) is 29.0. The van der Waals surface area contributed by atoms with Crippen LogP contribution in [0.15, 0.2) is 364 Å². The Hall–Kier alpha value is -12.3. The maximum absolute atomic E-state index is 10.8. The van der Waals surface area contributed by atoms with Gasteiger partial charge in [-0.3, -0.25) is 10.1 Å². The third-order valence-corrected chi connectivity index (χ3v) is 19.9. The van der Waals surface area contributed by atoms with E-state index in [9.17, 15) is 15.2 Å². The molecule has 0 amide bonds. The van der Waals surface area contributed by atoms with Gasteiger partial charge in [0.25, 0.3) is 5.69 Å². The van der Waals surface area contributed by atoms with E-state index in [4.69, 9.17) is 30.5 Å². The van der Waals surface area contributed by atoms with Gasteiger partial charge in [0.1, 0.15) is 0 Å². The highest BCUT2D eigenvalue weighted by molar-refractivity contribution is 5.70. The standard InChI is InChI=1S/C30H30O2.C28H24N2O4.C27H24O.C19H24O2/c1-3-7-27(8-4-1)29-15-11-25(12-16-29)19-21-31-23-24-32-22-20-26-13-17-30(18-14-26)28-9-5-2-6-10-28;29-34-33-28-17-13-26(14-18-28)20-24-9-5-22(6-10-24)2-1-21-3-7-23(8-4-21)19-25-11-15-27(16-12-25)30(31)32;28-27(19-21-11-15-25(16-12-21)23-7-3-1-4-8-23)20-22-13-17-26(18-14-22)24-9-5-2-6-10-24;20-14-12-18-8-4-16(5-9-18)2-1-3-17-6-10-19(11-7-17)13-15-21/h1-18H,19-24H2;1-18H,19-20,29H2;1-18,27-28H,19-20H2;4-11,20-21H,1-3,12-15H2/b;2-1+;;. The molecule has 0 aliphatic rings. The van der Waals surface area contributed by atoms with Gasteiger partial charge in [-0.15, -0.1) is 0 Å². The Morgan fingerprint density at radius 3 is 0.870 bits per heavy atom. The molecule has 14 aromatic carbocycles. The number of aliphatic hydroxyl groups excluding tert-OH is 3. The van der Waals surface area contributed by atoms with Crippen LogP contribution in [0.3, 0.4) is 0 Å². The monoisotopic (exact) mass is 1520 g/mol. The van der Waals surface area contributed by atoms with Gasteiger partial charge in [0.15, 0.2) is 5.75 Å². The first-order valence-electron chi connectivity index (χ1n) is 39.6. The van der Waals surface area contributed by atoms with Crippen LogP contribution in [0.1, 0.15) is 84.3 Å². The lowest BCUT2D eigenvalue weighted by atomic mass is 9.97. The molecule has 0 atom stereocenters. The predicted molar refractivity (Wildman–Crippen MR) is 469 cm³/mol. The minimum absolute atomic E-state index is 0.111. The minimum Gasteiger partial charge on any atom is -0.396 e. The number of nitrogens with zero attached hydrogens (tertiary/aromatic N) is 1. The molecule has 0 heterocycles. The van der Waals surface area contributed by atoms with E-state index in [1.807, 2.05) is 48.5 Å². The summed E-state index contributed by atoms with van der Waals surface area (Å²) in [5.74, 6) is 5.46. The van der Waals surface area contributed by atoms with E-state index < -0.39 is 0 Å². The summed E-state index contributed by atoms with van der Waals surface area (Å²) >= 11 is 0. The molecule has 0 spiro atoms. The molecule has 0 saturated carbocycles. The Balaban J connectivity index is 0.000000153. The quantitative estimate of drug-likeness (QED) is 0.0100. The number of nitrogens with two attached hydrogens (primary N) is 1. The molecular weight excluding hydrogens is 1420 g/mol. The van der Waals surface area contributed by atoms with Crippen LogP contribution in [-0.2, 0) is 78.7 Å². The van der Waals surface area contributed by atoms with E-state index >= 15 is 0 Å². The fourth-order valence-electron chi connectivity index (χ4n) is 13.3. The third-order valence-electron chi connectivity index (χ3n) is 19.9.